The van der Waals surface area contributed by atoms with Crippen molar-refractivity contribution >= 4 is 34.2 Å². The standard InChI is InChI=1S/C36H51O3P.C34H47O3P.C31H49O2P.C29H37O3P/c1-24-20-26(33(3,4)5)22-29(35(9,10)11)31(24)38-40(37-28-18-16-15-17-19-28)39-32-25(2)21-27(34(6,7)8)23-30(32)36(12,13)14;1-22-18-24(3)30(27(20-22)33(8,9)10)36-38(35-29-17-15-14-16-26(29)32(5,6)7)37-31-25(4)19-23(2)21-28(31)34(11,12)13;1-20-16-22(28(3,4)5)18-24(30(9,10)11)26(20)32-34(15)33-27-21(2)17-23(29(6,7)8)19-25(27)31(12,13)14;1-20-18-23(28(4,5)6)27(24(19-20)29(7,8)9)32-33(30-25-16-12-10-14-21(25)2)31-26-17-13-11-15-22(26)3/h15-23H,1-14H3;14-21H,1-13H3;16-19H,1-15H3;10-19H,1-9H3. The molecule has 15 heteroatoms. The third-order valence-corrected chi connectivity index (χ3v) is 29.6. The van der Waals surface area contributed by atoms with Gasteiger partial charge in [-0.2, -0.15) is 0 Å². The molecule has 0 bridgehead atoms. The van der Waals surface area contributed by atoms with Crippen molar-refractivity contribution in [2.75, 3.05) is 6.66 Å². The fourth-order valence-corrected chi connectivity index (χ4v) is 21.5. The van der Waals surface area contributed by atoms with E-state index in [0.29, 0.717) is 0 Å². The molecule has 0 spiro atoms. The lowest BCUT2D eigenvalue weighted by molar-refractivity contribution is 0.369. The van der Waals surface area contributed by atoms with Gasteiger partial charge >= 0.3 is 25.8 Å². The minimum Gasteiger partial charge on any atom is -0.438 e. The molecule has 0 amide bonds. The zero-order valence-corrected chi connectivity index (χ0v) is 103. The van der Waals surface area contributed by atoms with Gasteiger partial charge in [-0.3, -0.25) is 0 Å². The molecule has 0 atom stereocenters. The lowest BCUT2D eigenvalue weighted by Gasteiger charge is -2.31. The van der Waals surface area contributed by atoms with Crippen LogP contribution in [0.25, 0.3) is 0 Å². The summed E-state index contributed by atoms with van der Waals surface area (Å²) in [6.45, 7) is 113. The summed E-state index contributed by atoms with van der Waals surface area (Å²) in [7, 11) is -6.58. The SMILES string of the molecule is Cc1cc(C(C)(C)C)c(OP(Oc2ccccc2C)Oc2ccccc2C)c(C(C)(C)C)c1.Cc1cc(C(C)(C)C)cc(C(C)(C)C)c1OP(C)Oc1c(C)cc(C(C)(C)C)cc1C(C)(C)C.Cc1cc(C(C)(C)C)cc(C(C)(C)C)c1OP(Oc1ccccc1)Oc1c(C)cc(C(C)(C)C)cc1C(C)(C)C.Cc1cc(C)c(OP(Oc2ccccc2C(C)(C)C)Oc2c(C)cc(C)cc2C(C)(C)C)c(C(C)(C)C)c1. The van der Waals surface area contributed by atoms with Crippen LogP contribution in [0.5, 0.6) is 63.2 Å². The topological polar surface area (TPSA) is 102 Å². The van der Waals surface area contributed by atoms with Gasteiger partial charge in [0.05, 0.1) is 0 Å². The van der Waals surface area contributed by atoms with Crippen molar-refractivity contribution < 1.29 is 49.8 Å². The van der Waals surface area contributed by atoms with Gasteiger partial charge in [-0.25, -0.2) is 0 Å². The molecule has 11 nitrogen and oxygen atoms in total. The Hall–Kier alpha value is -9.06. The van der Waals surface area contributed by atoms with Crippen LogP contribution in [0.3, 0.4) is 0 Å². The normalized spacial score (nSPS) is 12.8. The minimum absolute atomic E-state index is 0.0264. The summed E-state index contributed by atoms with van der Waals surface area (Å²) in [4.78, 5) is 0. The van der Waals surface area contributed by atoms with Gasteiger partial charge in [-0.15, -0.1) is 0 Å². The lowest BCUT2D eigenvalue weighted by atomic mass is 9.78. The highest BCUT2D eigenvalue weighted by Crippen LogP contribution is 2.57. The molecule has 0 saturated carbocycles. The summed E-state index contributed by atoms with van der Waals surface area (Å²) in [5.74, 6) is 9.17. The van der Waals surface area contributed by atoms with Crippen LogP contribution in [0.2, 0.25) is 0 Å². The Bertz CT molecular complexity index is 5920. The highest BCUT2D eigenvalue weighted by atomic mass is 31.2. The Labute approximate surface area is 886 Å². The van der Waals surface area contributed by atoms with Crippen LogP contribution in [0.15, 0.2) is 188 Å². The maximum Gasteiger partial charge on any atom is 0.530 e. The van der Waals surface area contributed by atoms with Crippen molar-refractivity contribution in [1.29, 1.82) is 0 Å². The van der Waals surface area contributed by atoms with E-state index in [0.717, 1.165) is 136 Å². The monoisotopic (exact) mass is 2050 g/mol. The molecule has 790 valence electrons. The summed E-state index contributed by atoms with van der Waals surface area (Å²) in [5.41, 5.74) is 27.6. The van der Waals surface area contributed by atoms with Gasteiger partial charge in [0.1, 0.15) is 63.2 Å². The van der Waals surface area contributed by atoms with Crippen molar-refractivity contribution in [2.24, 2.45) is 0 Å². The van der Waals surface area contributed by atoms with E-state index >= 15 is 0 Å². The van der Waals surface area contributed by atoms with Gasteiger partial charge in [-0.1, -0.05) is 444 Å². The van der Waals surface area contributed by atoms with Crippen LogP contribution >= 0.6 is 34.2 Å². The first kappa shape index (κ1) is 121. The quantitative estimate of drug-likeness (QED) is 0.0606. The highest BCUT2D eigenvalue weighted by molar-refractivity contribution is 7.47. The Morgan fingerprint density at radius 2 is 0.359 bits per heavy atom. The first-order valence-corrected chi connectivity index (χ1v) is 56.8. The average molecular weight is 2050 g/mol. The molecule has 11 aromatic rings. The van der Waals surface area contributed by atoms with E-state index in [1.807, 2.05) is 105 Å². The number of rotatable bonds is 22. The predicted molar refractivity (Wildman–Crippen MR) is 627 cm³/mol. The summed E-state index contributed by atoms with van der Waals surface area (Å²) in [5, 5.41) is 0. The van der Waals surface area contributed by atoms with Gasteiger partial charge in [-0.05, 0) is 244 Å². The molecule has 0 fully saturated rings. The first-order valence-electron chi connectivity index (χ1n) is 51.9. The Morgan fingerprint density at radius 1 is 0.159 bits per heavy atom. The lowest BCUT2D eigenvalue weighted by Crippen LogP contribution is -2.20. The molecule has 0 aliphatic carbocycles. The zero-order chi connectivity index (χ0) is 110. The average Bonchev–Trinajstić information content (AvgIpc) is 0.734. The van der Waals surface area contributed by atoms with E-state index < -0.39 is 34.2 Å². The second-order valence-corrected chi connectivity index (χ2v) is 57.7. The molecule has 0 N–H and O–H groups in total. The van der Waals surface area contributed by atoms with Crippen molar-refractivity contribution in [3.63, 3.8) is 0 Å². The Morgan fingerprint density at radius 3 is 0.628 bits per heavy atom. The third kappa shape index (κ3) is 33.7. The number of benzene rings is 11. The molecular weight excluding hydrogens is 1860 g/mol. The summed E-state index contributed by atoms with van der Waals surface area (Å²) < 4.78 is 73.2. The van der Waals surface area contributed by atoms with Crippen molar-refractivity contribution in [3.05, 3.63) is 322 Å². The molecule has 0 aromatic heterocycles. The second-order valence-electron chi connectivity index (χ2n) is 53.5. The third-order valence-electron chi connectivity index (χ3n) is 25.7. The largest absolute Gasteiger partial charge is 0.530 e. The molecule has 0 radical (unpaired) electrons. The van der Waals surface area contributed by atoms with Crippen LogP contribution < -0.4 is 49.8 Å². The Balaban J connectivity index is 0.000000237. The molecule has 0 saturated heterocycles. The van der Waals surface area contributed by atoms with Gasteiger partial charge in [0, 0.05) is 56.7 Å². The van der Waals surface area contributed by atoms with E-state index in [1.54, 1.807) is 0 Å². The Kier molecular flexibility index (Phi) is 38.9. The zero-order valence-electron chi connectivity index (χ0n) is 99.2. The minimum atomic E-state index is -1.83. The van der Waals surface area contributed by atoms with E-state index in [9.17, 15) is 0 Å². The molecule has 11 aromatic carbocycles. The summed E-state index contributed by atoms with van der Waals surface area (Å²) in [6.07, 6.45) is 0. The summed E-state index contributed by atoms with van der Waals surface area (Å²) >= 11 is 0. The van der Waals surface area contributed by atoms with Gasteiger partial charge in [0.25, 0.3) is 8.38 Å². The van der Waals surface area contributed by atoms with Crippen molar-refractivity contribution in [1.82, 2.24) is 0 Å². The predicted octanol–water partition coefficient (Wildman–Crippen LogP) is 40.7. The summed E-state index contributed by atoms with van der Waals surface area (Å²) in [6, 6.07) is 65.4. The van der Waals surface area contributed by atoms with Crippen molar-refractivity contribution in [2.45, 2.75) is 417 Å². The maximum atomic E-state index is 6.82. The van der Waals surface area contributed by atoms with Crippen LogP contribution in [-0.4, -0.2) is 6.66 Å². The molecule has 0 unspecified atom stereocenters. The van der Waals surface area contributed by atoms with E-state index in [2.05, 4.69) is 436 Å². The maximum absolute atomic E-state index is 6.82. The van der Waals surface area contributed by atoms with Gasteiger partial charge < -0.3 is 49.8 Å². The molecule has 0 aliphatic heterocycles. The first-order chi connectivity index (χ1) is 66.0. The fourth-order valence-electron chi connectivity index (χ4n) is 16.9. The molecule has 11 rings (SSSR count). The molecular formula is C130H184O11P4. The van der Waals surface area contributed by atoms with Crippen LogP contribution in [0.4, 0.5) is 0 Å². The fraction of sp³-hybridized carbons (Fsp3) is 0.492. The number of para-hydroxylation sites is 4. The van der Waals surface area contributed by atoms with E-state index in [-0.39, 0.29) is 70.4 Å². The van der Waals surface area contributed by atoms with Crippen LogP contribution in [-0.2, 0) is 70.4 Å². The number of hydrogen-bond donors (Lipinski definition) is 0. The van der Waals surface area contributed by atoms with Crippen LogP contribution in [0, 0.1) is 76.2 Å². The smallest absolute Gasteiger partial charge is 0.438 e. The number of aryl methyl sites for hydroxylation is 11. The highest BCUT2D eigenvalue weighted by Gasteiger charge is 2.39. The molecule has 0 aliphatic rings. The van der Waals surface area contributed by atoms with Gasteiger partial charge in [0.2, 0.25) is 0 Å². The van der Waals surface area contributed by atoms with Crippen LogP contribution in [0.1, 0.15) is 404 Å². The second kappa shape index (κ2) is 46.6. The van der Waals surface area contributed by atoms with Crippen molar-refractivity contribution in [3.8, 4) is 63.2 Å². The van der Waals surface area contributed by atoms with E-state index in [1.165, 1.54) is 61.2 Å². The van der Waals surface area contributed by atoms with Gasteiger partial charge in [0.15, 0.2) is 0 Å². The number of hydrogen-bond acceptors (Lipinski definition) is 11. The van der Waals surface area contributed by atoms with E-state index in [4.69, 9.17) is 49.8 Å². The molecule has 0 heterocycles. The molecule has 145 heavy (non-hydrogen) atoms.